The van der Waals surface area contributed by atoms with E-state index in [1.54, 1.807) is 22.1 Å². The minimum absolute atomic E-state index is 0.103. The van der Waals surface area contributed by atoms with Crippen molar-refractivity contribution in [2.45, 2.75) is 50.5 Å². The number of sulfonamides is 1. The lowest BCUT2D eigenvalue weighted by Gasteiger charge is -2.33. The van der Waals surface area contributed by atoms with Gasteiger partial charge in [0.1, 0.15) is 10.6 Å². The first kappa shape index (κ1) is 20.4. The van der Waals surface area contributed by atoms with E-state index in [0.29, 0.717) is 43.7 Å². The van der Waals surface area contributed by atoms with Crippen LogP contribution in [0, 0.1) is 11.8 Å². The van der Waals surface area contributed by atoms with Crippen LogP contribution >= 0.6 is 0 Å². The molecular weight excluding hydrogens is 364 g/mol. The van der Waals surface area contributed by atoms with Crippen LogP contribution in [0.4, 0.5) is 0 Å². The minimum atomic E-state index is -3.56. The maximum Gasteiger partial charge on any atom is 0.270 e. The summed E-state index contributed by atoms with van der Waals surface area (Å²) in [7, 11) is -1.82. The molecule has 27 heavy (non-hydrogen) atoms. The van der Waals surface area contributed by atoms with Crippen molar-refractivity contribution in [1.29, 1.82) is 0 Å². The van der Waals surface area contributed by atoms with Gasteiger partial charge in [0.15, 0.2) is 0 Å². The molecule has 152 valence electrons. The van der Waals surface area contributed by atoms with Crippen molar-refractivity contribution in [3.63, 3.8) is 0 Å². The Morgan fingerprint density at radius 3 is 2.48 bits per heavy atom. The number of carbonyl (C=O) groups excluding carboxylic acids is 1. The second-order valence-electron chi connectivity index (χ2n) is 8.27. The molecule has 1 aromatic rings. The summed E-state index contributed by atoms with van der Waals surface area (Å²) in [6.07, 6.45) is 5.29. The van der Waals surface area contributed by atoms with E-state index in [1.807, 2.05) is 11.8 Å². The Morgan fingerprint density at radius 1 is 1.22 bits per heavy atom. The average Bonchev–Trinajstić information content (AvgIpc) is 3.03. The fraction of sp³-hybridized carbons (Fsp3) is 0.737. The van der Waals surface area contributed by atoms with Gasteiger partial charge in [0.25, 0.3) is 5.91 Å². The summed E-state index contributed by atoms with van der Waals surface area (Å²) < 4.78 is 29.2. The fourth-order valence-corrected chi connectivity index (χ4v) is 5.86. The molecule has 0 aliphatic carbocycles. The molecule has 7 nitrogen and oxygen atoms in total. The highest BCUT2D eigenvalue weighted by atomic mass is 32.2. The van der Waals surface area contributed by atoms with Gasteiger partial charge in [0.05, 0.1) is 0 Å². The zero-order valence-corrected chi connectivity index (χ0v) is 17.4. The Bertz CT molecular complexity index is 779. The van der Waals surface area contributed by atoms with Crippen LogP contribution in [0.1, 0.15) is 50.0 Å². The first-order chi connectivity index (χ1) is 12.7. The smallest absolute Gasteiger partial charge is 0.270 e. The lowest BCUT2D eigenvalue weighted by Crippen LogP contribution is -2.43. The molecule has 0 saturated carbocycles. The largest absolute Gasteiger partial charge is 0.345 e. The zero-order valence-electron chi connectivity index (χ0n) is 16.6. The monoisotopic (exact) mass is 396 g/mol. The van der Waals surface area contributed by atoms with Crippen molar-refractivity contribution >= 4 is 15.9 Å². The van der Waals surface area contributed by atoms with Crippen LogP contribution in [0.3, 0.4) is 0 Å². The standard InChI is InChI=1S/C19H32N4O3S/c1-14-5-4-8-23(12-14)27(25,26)17-11-18(21(3)13-17)19(24)22-9-6-16(7-10-22)15(2)20/h11,13-16H,4-10,12,20H2,1-3H3. The van der Waals surface area contributed by atoms with Crippen LogP contribution in [-0.2, 0) is 17.1 Å². The number of rotatable bonds is 4. The van der Waals surface area contributed by atoms with Crippen molar-refractivity contribution in [3.05, 3.63) is 18.0 Å². The van der Waals surface area contributed by atoms with E-state index in [1.165, 1.54) is 6.07 Å². The predicted molar refractivity (Wildman–Crippen MR) is 105 cm³/mol. The molecule has 2 N–H and O–H groups in total. The average molecular weight is 397 g/mol. The number of aryl methyl sites for hydroxylation is 1. The number of hydrogen-bond donors (Lipinski definition) is 1. The molecule has 0 aromatic carbocycles. The van der Waals surface area contributed by atoms with E-state index in [2.05, 4.69) is 6.92 Å². The number of nitrogens with zero attached hydrogens (tertiary/aromatic N) is 3. The van der Waals surface area contributed by atoms with Crippen molar-refractivity contribution in [1.82, 2.24) is 13.8 Å². The van der Waals surface area contributed by atoms with Gasteiger partial charge in [-0.2, -0.15) is 4.31 Å². The third-order valence-corrected chi connectivity index (χ3v) is 7.86. The SMILES string of the molecule is CC1CCCN(S(=O)(=O)c2cc(C(=O)N3CCC(C(C)N)CC3)n(C)c2)C1. The van der Waals surface area contributed by atoms with Crippen molar-refractivity contribution < 1.29 is 13.2 Å². The highest BCUT2D eigenvalue weighted by Crippen LogP contribution is 2.26. The molecular formula is C19H32N4O3S. The van der Waals surface area contributed by atoms with Crippen LogP contribution in [0.25, 0.3) is 0 Å². The minimum Gasteiger partial charge on any atom is -0.345 e. The highest BCUT2D eigenvalue weighted by Gasteiger charge is 2.32. The van der Waals surface area contributed by atoms with E-state index in [4.69, 9.17) is 5.73 Å². The Labute approximate surface area is 162 Å². The summed E-state index contributed by atoms with van der Waals surface area (Å²) >= 11 is 0. The highest BCUT2D eigenvalue weighted by molar-refractivity contribution is 7.89. The molecule has 0 radical (unpaired) electrons. The van der Waals surface area contributed by atoms with Crippen LogP contribution < -0.4 is 5.73 Å². The zero-order chi connectivity index (χ0) is 19.8. The Kier molecular flexibility index (Phi) is 5.98. The molecule has 8 heteroatoms. The number of amides is 1. The molecule has 2 aliphatic heterocycles. The summed E-state index contributed by atoms with van der Waals surface area (Å²) in [6.45, 7) is 6.52. The van der Waals surface area contributed by atoms with Crippen molar-refractivity contribution in [3.8, 4) is 0 Å². The van der Waals surface area contributed by atoms with Crippen LogP contribution in [-0.4, -0.2) is 60.3 Å². The summed E-state index contributed by atoms with van der Waals surface area (Å²) in [5, 5.41) is 0. The normalized spacial score (nSPS) is 24.1. The Balaban J connectivity index is 1.75. The summed E-state index contributed by atoms with van der Waals surface area (Å²) in [5.74, 6) is 0.707. The molecule has 3 heterocycles. The quantitative estimate of drug-likeness (QED) is 0.838. The third kappa shape index (κ3) is 4.22. The van der Waals surface area contributed by atoms with Crippen LogP contribution in [0.15, 0.2) is 17.2 Å². The number of likely N-dealkylation sites (tertiary alicyclic amines) is 1. The van der Waals surface area contributed by atoms with E-state index in [0.717, 1.165) is 25.7 Å². The fourth-order valence-electron chi connectivity index (χ4n) is 4.19. The lowest BCUT2D eigenvalue weighted by atomic mass is 9.91. The maximum atomic E-state index is 13.0. The number of aromatic nitrogens is 1. The number of nitrogens with two attached hydrogens (primary N) is 1. The van der Waals surface area contributed by atoms with Gasteiger partial charge < -0.3 is 15.2 Å². The van der Waals surface area contributed by atoms with Crippen molar-refractivity contribution in [2.24, 2.45) is 24.6 Å². The molecule has 2 saturated heterocycles. The Morgan fingerprint density at radius 2 is 1.89 bits per heavy atom. The first-order valence-electron chi connectivity index (χ1n) is 9.91. The first-order valence-corrected chi connectivity index (χ1v) is 11.4. The van der Waals surface area contributed by atoms with Gasteiger partial charge in [-0.1, -0.05) is 6.92 Å². The summed E-state index contributed by atoms with van der Waals surface area (Å²) in [6, 6.07) is 1.68. The third-order valence-electron chi connectivity index (χ3n) is 6.03. The second-order valence-corrected chi connectivity index (χ2v) is 10.2. The summed E-state index contributed by atoms with van der Waals surface area (Å²) in [4.78, 5) is 15.0. The molecule has 2 atom stereocenters. The van der Waals surface area contributed by atoms with Gasteiger partial charge in [-0.25, -0.2) is 8.42 Å². The molecule has 0 spiro atoms. The second kappa shape index (κ2) is 7.93. The molecule has 0 bridgehead atoms. The van der Waals surface area contributed by atoms with E-state index < -0.39 is 10.0 Å². The van der Waals surface area contributed by atoms with Gasteiger partial charge in [-0.05, 0) is 50.5 Å². The lowest BCUT2D eigenvalue weighted by molar-refractivity contribution is 0.0671. The van der Waals surface area contributed by atoms with Gasteiger partial charge in [0, 0.05) is 45.5 Å². The van der Waals surface area contributed by atoms with Crippen LogP contribution in [0.2, 0.25) is 0 Å². The number of piperidine rings is 2. The molecule has 2 aliphatic rings. The molecule has 1 aromatic heterocycles. The molecule has 3 rings (SSSR count). The van der Waals surface area contributed by atoms with Gasteiger partial charge in [-0.3, -0.25) is 4.79 Å². The topological polar surface area (TPSA) is 88.6 Å². The van der Waals surface area contributed by atoms with Gasteiger partial charge >= 0.3 is 0 Å². The Hall–Kier alpha value is -1.38. The molecule has 2 unspecified atom stereocenters. The molecule has 2 fully saturated rings. The summed E-state index contributed by atoms with van der Waals surface area (Å²) in [5.41, 5.74) is 6.41. The number of carbonyl (C=O) groups is 1. The molecule has 1 amide bonds. The van der Waals surface area contributed by atoms with Crippen LogP contribution in [0.5, 0.6) is 0 Å². The van der Waals surface area contributed by atoms with Crippen molar-refractivity contribution in [2.75, 3.05) is 26.2 Å². The van der Waals surface area contributed by atoms with E-state index in [9.17, 15) is 13.2 Å². The van der Waals surface area contributed by atoms with Gasteiger partial charge in [0.2, 0.25) is 10.0 Å². The maximum absolute atomic E-state index is 13.0. The number of hydrogen-bond acceptors (Lipinski definition) is 4. The van der Waals surface area contributed by atoms with E-state index in [-0.39, 0.29) is 16.8 Å². The predicted octanol–water partition coefficient (Wildman–Crippen LogP) is 1.65. The van der Waals surface area contributed by atoms with E-state index >= 15 is 0 Å². The van der Waals surface area contributed by atoms with Gasteiger partial charge in [-0.15, -0.1) is 0 Å².